The number of hydrogen-bond donors (Lipinski definition) is 1. The van der Waals surface area contributed by atoms with Gasteiger partial charge >= 0.3 is 0 Å². The Labute approximate surface area is 109 Å². The molecule has 1 aromatic carbocycles. The van der Waals surface area contributed by atoms with E-state index in [0.29, 0.717) is 5.92 Å². The number of para-hydroxylation sites is 1. The lowest BCUT2D eigenvalue weighted by Gasteiger charge is -2.11. The summed E-state index contributed by atoms with van der Waals surface area (Å²) in [5, 5.41) is 4.42. The van der Waals surface area contributed by atoms with Crippen LogP contribution in [0.5, 0.6) is 0 Å². The van der Waals surface area contributed by atoms with E-state index < -0.39 is 0 Å². The van der Waals surface area contributed by atoms with Crippen molar-refractivity contribution in [2.75, 3.05) is 13.6 Å². The zero-order valence-corrected chi connectivity index (χ0v) is 11.3. The van der Waals surface area contributed by atoms with Crippen LogP contribution in [-0.4, -0.2) is 18.6 Å². The van der Waals surface area contributed by atoms with E-state index in [1.165, 1.54) is 16.5 Å². The minimum Gasteiger partial charge on any atom is -0.316 e. The van der Waals surface area contributed by atoms with Gasteiger partial charge in [-0.3, -0.25) is 4.98 Å². The van der Waals surface area contributed by atoms with Crippen LogP contribution < -0.4 is 5.32 Å². The molecule has 0 atom stereocenters. The molecule has 0 aliphatic carbocycles. The Morgan fingerprint density at radius 3 is 2.78 bits per heavy atom. The molecule has 2 aromatic rings. The first-order valence-electron chi connectivity index (χ1n) is 6.41. The molecule has 0 radical (unpaired) electrons. The molecule has 1 aromatic heterocycles. The van der Waals surface area contributed by atoms with Gasteiger partial charge in [-0.15, -0.1) is 0 Å². The van der Waals surface area contributed by atoms with Crippen molar-refractivity contribution in [3.63, 3.8) is 0 Å². The van der Waals surface area contributed by atoms with Gasteiger partial charge < -0.3 is 5.32 Å². The van der Waals surface area contributed by atoms with Crippen LogP contribution in [-0.2, 0) is 0 Å². The Kier molecular flexibility index (Phi) is 4.11. The molecule has 18 heavy (non-hydrogen) atoms. The standard InChI is InChI=1S/C16H20N2/c1-12(2)15(11-17-3)10-14-7-4-6-13-8-5-9-18-16(13)14/h4-10,12,17H,11H2,1-3H3. The van der Waals surface area contributed by atoms with Crippen LogP contribution in [0.1, 0.15) is 19.4 Å². The van der Waals surface area contributed by atoms with E-state index in [0.717, 1.165) is 12.1 Å². The van der Waals surface area contributed by atoms with Gasteiger partial charge in [-0.1, -0.05) is 49.8 Å². The van der Waals surface area contributed by atoms with Gasteiger partial charge in [0.05, 0.1) is 5.52 Å². The van der Waals surface area contributed by atoms with Gasteiger partial charge in [-0.05, 0) is 19.0 Å². The zero-order chi connectivity index (χ0) is 13.0. The molecule has 0 amide bonds. The van der Waals surface area contributed by atoms with Gasteiger partial charge in [-0.25, -0.2) is 0 Å². The Hall–Kier alpha value is -1.67. The fourth-order valence-corrected chi connectivity index (χ4v) is 2.07. The van der Waals surface area contributed by atoms with Crippen molar-refractivity contribution in [2.45, 2.75) is 13.8 Å². The molecule has 1 heterocycles. The molecule has 2 rings (SSSR count). The van der Waals surface area contributed by atoms with Crippen LogP contribution in [0.4, 0.5) is 0 Å². The van der Waals surface area contributed by atoms with Crippen LogP contribution >= 0.6 is 0 Å². The zero-order valence-electron chi connectivity index (χ0n) is 11.3. The summed E-state index contributed by atoms with van der Waals surface area (Å²) in [5.74, 6) is 0.538. The molecule has 2 heteroatoms. The van der Waals surface area contributed by atoms with Crippen LogP contribution in [0.25, 0.3) is 17.0 Å². The first-order valence-corrected chi connectivity index (χ1v) is 6.41. The fourth-order valence-electron chi connectivity index (χ4n) is 2.07. The highest BCUT2D eigenvalue weighted by atomic mass is 14.8. The number of benzene rings is 1. The number of pyridine rings is 1. The maximum atomic E-state index is 4.49. The first kappa shape index (κ1) is 12.8. The number of likely N-dealkylation sites (N-methyl/N-ethyl adjacent to an activating group) is 1. The van der Waals surface area contributed by atoms with Crippen molar-refractivity contribution < 1.29 is 0 Å². The average molecular weight is 240 g/mol. The van der Waals surface area contributed by atoms with Crippen molar-refractivity contribution >= 4 is 17.0 Å². The quantitative estimate of drug-likeness (QED) is 0.884. The predicted octanol–water partition coefficient (Wildman–Crippen LogP) is 3.49. The topological polar surface area (TPSA) is 24.9 Å². The lowest BCUT2D eigenvalue weighted by atomic mass is 9.99. The van der Waals surface area contributed by atoms with Crippen LogP contribution in [0.3, 0.4) is 0 Å². The van der Waals surface area contributed by atoms with Gasteiger partial charge in [0.25, 0.3) is 0 Å². The fraction of sp³-hybridized carbons (Fsp3) is 0.312. The number of fused-ring (bicyclic) bond motifs is 1. The van der Waals surface area contributed by atoms with Crippen LogP contribution in [0.15, 0.2) is 42.1 Å². The molecule has 1 N–H and O–H groups in total. The van der Waals surface area contributed by atoms with Crippen molar-refractivity contribution in [1.29, 1.82) is 0 Å². The van der Waals surface area contributed by atoms with E-state index in [-0.39, 0.29) is 0 Å². The Balaban J connectivity index is 2.50. The second-order valence-electron chi connectivity index (χ2n) is 4.83. The summed E-state index contributed by atoms with van der Waals surface area (Å²) < 4.78 is 0. The van der Waals surface area contributed by atoms with Gasteiger partial charge in [0.15, 0.2) is 0 Å². The highest BCUT2D eigenvalue weighted by Crippen LogP contribution is 2.20. The van der Waals surface area contributed by atoms with E-state index in [1.807, 2.05) is 19.3 Å². The molecule has 0 spiro atoms. The largest absolute Gasteiger partial charge is 0.316 e. The van der Waals surface area contributed by atoms with E-state index in [9.17, 15) is 0 Å². The van der Waals surface area contributed by atoms with Gasteiger partial charge in [0.2, 0.25) is 0 Å². The minimum absolute atomic E-state index is 0.538. The monoisotopic (exact) mass is 240 g/mol. The number of nitrogens with one attached hydrogen (secondary N) is 1. The van der Waals surface area contributed by atoms with Crippen molar-refractivity contribution in [3.8, 4) is 0 Å². The van der Waals surface area contributed by atoms with Gasteiger partial charge in [0.1, 0.15) is 0 Å². The molecular formula is C16H20N2. The number of rotatable bonds is 4. The second kappa shape index (κ2) is 5.78. The Bertz CT molecular complexity index is 551. The third kappa shape index (κ3) is 2.77. The average Bonchev–Trinajstić information content (AvgIpc) is 2.38. The normalized spacial score (nSPS) is 12.3. The molecule has 0 saturated carbocycles. The molecule has 0 aliphatic heterocycles. The molecular weight excluding hydrogens is 220 g/mol. The molecule has 0 unspecified atom stereocenters. The third-order valence-corrected chi connectivity index (χ3v) is 3.13. The minimum atomic E-state index is 0.538. The van der Waals surface area contributed by atoms with Crippen molar-refractivity contribution in [2.24, 2.45) is 5.92 Å². The summed E-state index contributed by atoms with van der Waals surface area (Å²) >= 11 is 0. The molecule has 94 valence electrons. The first-order chi connectivity index (χ1) is 8.72. The highest BCUT2D eigenvalue weighted by Gasteiger charge is 2.05. The number of nitrogens with zero attached hydrogens (tertiary/aromatic N) is 1. The smallest absolute Gasteiger partial charge is 0.0774 e. The lowest BCUT2D eigenvalue weighted by Crippen LogP contribution is -2.13. The summed E-state index contributed by atoms with van der Waals surface area (Å²) in [7, 11) is 1.98. The number of aromatic nitrogens is 1. The summed E-state index contributed by atoms with van der Waals surface area (Å²) in [4.78, 5) is 4.49. The molecule has 0 saturated heterocycles. The van der Waals surface area contributed by atoms with E-state index in [1.54, 1.807) is 0 Å². The molecule has 0 fully saturated rings. The van der Waals surface area contributed by atoms with E-state index in [4.69, 9.17) is 0 Å². The second-order valence-corrected chi connectivity index (χ2v) is 4.83. The maximum Gasteiger partial charge on any atom is 0.0774 e. The number of hydrogen-bond acceptors (Lipinski definition) is 2. The predicted molar refractivity (Wildman–Crippen MR) is 78.5 cm³/mol. The van der Waals surface area contributed by atoms with Gasteiger partial charge in [0, 0.05) is 23.7 Å². The Morgan fingerprint density at radius 2 is 2.06 bits per heavy atom. The lowest BCUT2D eigenvalue weighted by molar-refractivity contribution is 0.713. The SMILES string of the molecule is CNCC(=Cc1cccc2cccnc12)C(C)C. The molecule has 0 bridgehead atoms. The summed E-state index contributed by atoms with van der Waals surface area (Å²) in [5.41, 5.74) is 3.68. The van der Waals surface area contributed by atoms with Crippen molar-refractivity contribution in [1.82, 2.24) is 10.3 Å². The Morgan fingerprint density at radius 1 is 1.28 bits per heavy atom. The third-order valence-electron chi connectivity index (χ3n) is 3.13. The van der Waals surface area contributed by atoms with E-state index in [2.05, 4.69) is 54.5 Å². The summed E-state index contributed by atoms with van der Waals surface area (Å²) in [6, 6.07) is 10.4. The van der Waals surface area contributed by atoms with Crippen LogP contribution in [0.2, 0.25) is 0 Å². The van der Waals surface area contributed by atoms with E-state index >= 15 is 0 Å². The highest BCUT2D eigenvalue weighted by molar-refractivity contribution is 5.87. The summed E-state index contributed by atoms with van der Waals surface area (Å²) in [6.07, 6.45) is 4.11. The van der Waals surface area contributed by atoms with Crippen LogP contribution in [0, 0.1) is 5.92 Å². The molecule has 0 aliphatic rings. The molecule has 2 nitrogen and oxygen atoms in total. The maximum absolute atomic E-state index is 4.49. The van der Waals surface area contributed by atoms with Crippen molar-refractivity contribution in [3.05, 3.63) is 47.7 Å². The van der Waals surface area contributed by atoms with Gasteiger partial charge in [-0.2, -0.15) is 0 Å². The summed E-state index contributed by atoms with van der Waals surface area (Å²) in [6.45, 7) is 5.37.